The Kier molecular flexibility index (Phi) is 3.30. The maximum Gasteiger partial charge on any atom is 0.123 e. The van der Waals surface area contributed by atoms with E-state index in [0.717, 1.165) is 22.4 Å². The van der Waals surface area contributed by atoms with Crippen LogP contribution in [0.1, 0.15) is 5.56 Å². The molecule has 0 aromatic heterocycles. The summed E-state index contributed by atoms with van der Waals surface area (Å²) >= 11 is 0. The monoisotopic (exact) mass is 229 g/mol. The Morgan fingerprint density at radius 1 is 1.12 bits per heavy atom. The van der Waals surface area contributed by atoms with E-state index >= 15 is 0 Å². The molecule has 3 nitrogen and oxygen atoms in total. The van der Waals surface area contributed by atoms with Gasteiger partial charge in [-0.3, -0.25) is 0 Å². The van der Waals surface area contributed by atoms with Crippen LogP contribution in [0.25, 0.3) is 11.1 Å². The van der Waals surface area contributed by atoms with Crippen molar-refractivity contribution in [3.05, 3.63) is 48.0 Å². The molecule has 0 aliphatic rings. The van der Waals surface area contributed by atoms with E-state index in [0.29, 0.717) is 6.54 Å². The second kappa shape index (κ2) is 4.89. The fourth-order valence-electron chi connectivity index (χ4n) is 1.80. The lowest BCUT2D eigenvalue weighted by Crippen LogP contribution is -2.00. The van der Waals surface area contributed by atoms with Gasteiger partial charge in [-0.15, -0.1) is 0 Å². The molecule has 0 saturated heterocycles. The van der Waals surface area contributed by atoms with E-state index in [1.54, 1.807) is 19.2 Å². The van der Waals surface area contributed by atoms with Crippen molar-refractivity contribution in [1.29, 1.82) is 0 Å². The van der Waals surface area contributed by atoms with Gasteiger partial charge in [-0.05, 0) is 35.4 Å². The summed E-state index contributed by atoms with van der Waals surface area (Å²) in [6, 6.07) is 13.0. The van der Waals surface area contributed by atoms with Crippen molar-refractivity contribution in [2.45, 2.75) is 6.54 Å². The number of benzene rings is 2. The largest absolute Gasteiger partial charge is 0.508 e. The molecule has 0 amide bonds. The van der Waals surface area contributed by atoms with Crippen LogP contribution in [0, 0.1) is 0 Å². The summed E-state index contributed by atoms with van der Waals surface area (Å²) in [5.74, 6) is 1.05. The first-order valence-corrected chi connectivity index (χ1v) is 5.41. The molecule has 0 spiro atoms. The Labute approximate surface area is 100 Å². The molecular formula is C14H15NO2. The van der Waals surface area contributed by atoms with Gasteiger partial charge in [-0.2, -0.15) is 0 Å². The molecule has 0 radical (unpaired) electrons. The number of methoxy groups -OCH3 is 1. The van der Waals surface area contributed by atoms with Crippen LogP contribution in [0.15, 0.2) is 42.5 Å². The summed E-state index contributed by atoms with van der Waals surface area (Å²) in [6.07, 6.45) is 0. The third kappa shape index (κ3) is 2.40. The van der Waals surface area contributed by atoms with Gasteiger partial charge in [0.1, 0.15) is 11.5 Å². The zero-order valence-electron chi connectivity index (χ0n) is 9.68. The smallest absolute Gasteiger partial charge is 0.123 e. The molecule has 0 heterocycles. The second-order valence-electron chi connectivity index (χ2n) is 3.78. The highest BCUT2D eigenvalue weighted by molar-refractivity contribution is 5.67. The van der Waals surface area contributed by atoms with E-state index in [2.05, 4.69) is 0 Å². The van der Waals surface area contributed by atoms with Crippen molar-refractivity contribution in [3.63, 3.8) is 0 Å². The maximum absolute atomic E-state index is 9.45. The molecule has 2 aromatic carbocycles. The van der Waals surface area contributed by atoms with Crippen LogP contribution in [0.3, 0.4) is 0 Å². The van der Waals surface area contributed by atoms with E-state index in [-0.39, 0.29) is 5.75 Å². The Morgan fingerprint density at radius 3 is 2.53 bits per heavy atom. The Morgan fingerprint density at radius 2 is 1.88 bits per heavy atom. The van der Waals surface area contributed by atoms with Gasteiger partial charge in [-0.25, -0.2) is 0 Å². The molecule has 0 aliphatic heterocycles. The van der Waals surface area contributed by atoms with Gasteiger partial charge in [0.05, 0.1) is 7.11 Å². The molecule has 2 rings (SSSR count). The van der Waals surface area contributed by atoms with Gasteiger partial charge in [0, 0.05) is 12.1 Å². The number of aromatic hydroxyl groups is 1. The summed E-state index contributed by atoms with van der Waals surface area (Å²) in [6.45, 7) is 0.426. The topological polar surface area (TPSA) is 55.5 Å². The highest BCUT2D eigenvalue weighted by Crippen LogP contribution is 2.28. The van der Waals surface area contributed by atoms with E-state index in [1.165, 1.54) is 0 Å². The van der Waals surface area contributed by atoms with Gasteiger partial charge in [-0.1, -0.05) is 18.2 Å². The Bertz CT molecular complexity index is 523. The van der Waals surface area contributed by atoms with Gasteiger partial charge in [0.15, 0.2) is 0 Å². The average molecular weight is 229 g/mol. The number of hydrogen-bond donors (Lipinski definition) is 2. The lowest BCUT2D eigenvalue weighted by molar-refractivity contribution is 0.410. The quantitative estimate of drug-likeness (QED) is 0.850. The first-order valence-electron chi connectivity index (χ1n) is 5.41. The van der Waals surface area contributed by atoms with Gasteiger partial charge in [0.2, 0.25) is 0 Å². The van der Waals surface area contributed by atoms with Crippen molar-refractivity contribution < 1.29 is 9.84 Å². The molecule has 3 heteroatoms. The fourth-order valence-corrected chi connectivity index (χ4v) is 1.80. The predicted octanol–water partition coefficient (Wildman–Crippen LogP) is 2.53. The summed E-state index contributed by atoms with van der Waals surface area (Å²) < 4.78 is 5.22. The standard InChI is InChI=1S/C14H15NO2/c1-17-14-6-5-11(7-12(14)9-15)10-3-2-4-13(16)8-10/h2-8,16H,9,15H2,1H3. The first kappa shape index (κ1) is 11.5. The van der Waals surface area contributed by atoms with Crippen LogP contribution in [-0.4, -0.2) is 12.2 Å². The van der Waals surface area contributed by atoms with Crippen molar-refractivity contribution in [3.8, 4) is 22.6 Å². The average Bonchev–Trinajstić information content (AvgIpc) is 2.38. The number of nitrogens with two attached hydrogens (primary N) is 1. The molecule has 2 aromatic rings. The molecule has 0 unspecified atom stereocenters. The first-order chi connectivity index (χ1) is 8.24. The van der Waals surface area contributed by atoms with Crippen molar-refractivity contribution in [2.24, 2.45) is 5.73 Å². The summed E-state index contributed by atoms with van der Waals surface area (Å²) in [5.41, 5.74) is 8.60. The molecule has 17 heavy (non-hydrogen) atoms. The highest BCUT2D eigenvalue weighted by Gasteiger charge is 2.04. The van der Waals surface area contributed by atoms with Crippen LogP contribution >= 0.6 is 0 Å². The lowest BCUT2D eigenvalue weighted by atomic mass is 10.0. The summed E-state index contributed by atoms with van der Waals surface area (Å²) in [4.78, 5) is 0. The van der Waals surface area contributed by atoms with E-state index in [4.69, 9.17) is 10.5 Å². The van der Waals surface area contributed by atoms with Crippen LogP contribution in [0.5, 0.6) is 11.5 Å². The number of phenolic OH excluding ortho intramolecular Hbond substituents is 1. The molecule has 0 fully saturated rings. The minimum absolute atomic E-state index is 0.257. The second-order valence-corrected chi connectivity index (χ2v) is 3.78. The normalized spacial score (nSPS) is 10.2. The summed E-state index contributed by atoms with van der Waals surface area (Å²) in [5, 5.41) is 9.45. The molecular weight excluding hydrogens is 214 g/mol. The highest BCUT2D eigenvalue weighted by atomic mass is 16.5. The zero-order chi connectivity index (χ0) is 12.3. The number of ether oxygens (including phenoxy) is 1. The van der Waals surface area contributed by atoms with E-state index in [9.17, 15) is 5.11 Å². The third-order valence-corrected chi connectivity index (χ3v) is 2.68. The maximum atomic E-state index is 9.45. The van der Waals surface area contributed by atoms with Gasteiger partial charge in [0.25, 0.3) is 0 Å². The molecule has 88 valence electrons. The SMILES string of the molecule is COc1ccc(-c2cccc(O)c2)cc1CN. The molecule has 0 atom stereocenters. The molecule has 0 saturated carbocycles. The van der Waals surface area contributed by atoms with Crippen molar-refractivity contribution in [1.82, 2.24) is 0 Å². The van der Waals surface area contributed by atoms with Crippen molar-refractivity contribution in [2.75, 3.05) is 7.11 Å². The molecule has 0 aliphatic carbocycles. The minimum Gasteiger partial charge on any atom is -0.508 e. The molecule has 0 bridgehead atoms. The Balaban J connectivity index is 2.46. The van der Waals surface area contributed by atoms with Crippen molar-refractivity contribution >= 4 is 0 Å². The lowest BCUT2D eigenvalue weighted by Gasteiger charge is -2.09. The van der Waals surface area contributed by atoms with Crippen LogP contribution in [0.4, 0.5) is 0 Å². The number of hydrogen-bond acceptors (Lipinski definition) is 3. The third-order valence-electron chi connectivity index (χ3n) is 2.68. The van der Waals surface area contributed by atoms with E-state index < -0.39 is 0 Å². The summed E-state index contributed by atoms with van der Waals surface area (Å²) in [7, 11) is 1.63. The van der Waals surface area contributed by atoms with Crippen LogP contribution in [0.2, 0.25) is 0 Å². The van der Waals surface area contributed by atoms with Gasteiger partial charge < -0.3 is 15.6 Å². The zero-order valence-corrected chi connectivity index (χ0v) is 9.68. The molecule has 3 N–H and O–H groups in total. The predicted molar refractivity (Wildman–Crippen MR) is 68.0 cm³/mol. The van der Waals surface area contributed by atoms with E-state index in [1.807, 2.05) is 30.3 Å². The Hall–Kier alpha value is -2.00. The number of rotatable bonds is 3. The van der Waals surface area contributed by atoms with Gasteiger partial charge >= 0.3 is 0 Å². The minimum atomic E-state index is 0.257. The fraction of sp³-hybridized carbons (Fsp3) is 0.143. The van der Waals surface area contributed by atoms with Crippen LogP contribution < -0.4 is 10.5 Å². The van der Waals surface area contributed by atoms with Crippen LogP contribution in [-0.2, 0) is 6.54 Å². The number of phenols is 1.